The lowest BCUT2D eigenvalue weighted by Gasteiger charge is -2.11. The lowest BCUT2D eigenvalue weighted by molar-refractivity contribution is 0.691. The zero-order valence-electron chi connectivity index (χ0n) is 8.98. The molecule has 1 atom stereocenters. The summed E-state index contributed by atoms with van der Waals surface area (Å²) in [5.41, 5.74) is 6.92. The predicted molar refractivity (Wildman–Crippen MR) is 63.8 cm³/mol. The summed E-state index contributed by atoms with van der Waals surface area (Å²) in [6.07, 6.45) is 4.77. The monoisotopic (exact) mass is 200 g/mol. The first-order valence-corrected chi connectivity index (χ1v) is 5.35. The number of hydrogen-bond acceptors (Lipinski definition) is 2. The van der Waals surface area contributed by atoms with E-state index in [2.05, 4.69) is 30.1 Å². The van der Waals surface area contributed by atoms with Crippen molar-refractivity contribution in [2.45, 2.75) is 19.3 Å². The highest BCUT2D eigenvalue weighted by Crippen LogP contribution is 2.22. The summed E-state index contributed by atoms with van der Waals surface area (Å²) in [4.78, 5) is 4.13. The van der Waals surface area contributed by atoms with Gasteiger partial charge in [-0.3, -0.25) is 4.98 Å². The van der Waals surface area contributed by atoms with Crippen molar-refractivity contribution in [1.82, 2.24) is 4.98 Å². The second-order valence-electron chi connectivity index (χ2n) is 3.96. The second-order valence-corrected chi connectivity index (χ2v) is 3.96. The van der Waals surface area contributed by atoms with Crippen LogP contribution in [0.1, 0.15) is 24.8 Å². The number of aromatic nitrogens is 1. The van der Waals surface area contributed by atoms with Crippen LogP contribution in [-0.4, -0.2) is 11.5 Å². The Bertz CT molecular complexity index is 451. The number of pyridine rings is 1. The quantitative estimate of drug-likeness (QED) is 0.827. The number of fused-ring (bicyclic) bond motifs is 1. The van der Waals surface area contributed by atoms with E-state index in [-0.39, 0.29) is 0 Å². The highest BCUT2D eigenvalue weighted by molar-refractivity contribution is 5.82. The van der Waals surface area contributed by atoms with Crippen LogP contribution in [0.4, 0.5) is 0 Å². The molecule has 0 fully saturated rings. The van der Waals surface area contributed by atoms with E-state index in [1.165, 1.54) is 16.3 Å². The Hall–Kier alpha value is -1.41. The van der Waals surface area contributed by atoms with E-state index in [0.717, 1.165) is 13.0 Å². The first-order chi connectivity index (χ1) is 7.31. The standard InChI is InChI=1S/C13H16N2/c1-10(4-6-14)12-3-2-11-5-7-15-9-13(11)8-12/h2-3,5,7-10H,4,6,14H2,1H3. The minimum Gasteiger partial charge on any atom is -0.330 e. The van der Waals surface area contributed by atoms with Crippen LogP contribution in [0.5, 0.6) is 0 Å². The second kappa shape index (κ2) is 4.41. The molecule has 0 amide bonds. The third-order valence-corrected chi connectivity index (χ3v) is 2.83. The zero-order chi connectivity index (χ0) is 10.7. The molecule has 1 unspecified atom stereocenters. The summed E-state index contributed by atoms with van der Waals surface area (Å²) in [6, 6.07) is 8.58. The third-order valence-electron chi connectivity index (χ3n) is 2.83. The molecule has 1 aromatic carbocycles. The fourth-order valence-electron chi connectivity index (χ4n) is 1.83. The number of nitrogens with two attached hydrogens (primary N) is 1. The van der Waals surface area contributed by atoms with Gasteiger partial charge < -0.3 is 5.73 Å². The largest absolute Gasteiger partial charge is 0.330 e. The van der Waals surface area contributed by atoms with Gasteiger partial charge in [0.1, 0.15) is 0 Å². The lowest BCUT2D eigenvalue weighted by Crippen LogP contribution is -2.04. The topological polar surface area (TPSA) is 38.9 Å². The third kappa shape index (κ3) is 2.16. The van der Waals surface area contributed by atoms with E-state index in [4.69, 9.17) is 5.73 Å². The maximum absolute atomic E-state index is 5.57. The molecular weight excluding hydrogens is 184 g/mol. The molecule has 78 valence electrons. The van der Waals surface area contributed by atoms with Gasteiger partial charge in [-0.1, -0.05) is 19.1 Å². The number of rotatable bonds is 3. The molecule has 2 heteroatoms. The molecule has 0 bridgehead atoms. The summed E-state index contributed by atoms with van der Waals surface area (Å²) < 4.78 is 0. The van der Waals surface area contributed by atoms with Crippen LogP contribution in [0, 0.1) is 0 Å². The highest BCUT2D eigenvalue weighted by Gasteiger charge is 2.04. The SMILES string of the molecule is CC(CCN)c1ccc2ccncc2c1. The molecule has 2 rings (SSSR count). The fourth-order valence-corrected chi connectivity index (χ4v) is 1.83. The molecule has 0 aliphatic carbocycles. The first-order valence-electron chi connectivity index (χ1n) is 5.35. The summed E-state index contributed by atoms with van der Waals surface area (Å²) in [5.74, 6) is 0.527. The average molecular weight is 200 g/mol. The molecule has 0 radical (unpaired) electrons. The maximum atomic E-state index is 5.57. The van der Waals surface area contributed by atoms with Crippen LogP contribution in [0.3, 0.4) is 0 Å². The van der Waals surface area contributed by atoms with Crippen LogP contribution in [-0.2, 0) is 0 Å². The zero-order valence-corrected chi connectivity index (χ0v) is 8.98. The minimum absolute atomic E-state index is 0.527. The Morgan fingerprint density at radius 1 is 1.27 bits per heavy atom. The van der Waals surface area contributed by atoms with Gasteiger partial charge in [0.15, 0.2) is 0 Å². The smallest absolute Gasteiger partial charge is 0.0346 e. The van der Waals surface area contributed by atoms with Gasteiger partial charge in [-0.2, -0.15) is 0 Å². The van der Waals surface area contributed by atoms with Gasteiger partial charge in [0, 0.05) is 17.8 Å². The Balaban J connectivity index is 2.38. The molecule has 15 heavy (non-hydrogen) atoms. The Morgan fingerprint density at radius 2 is 2.13 bits per heavy atom. The van der Waals surface area contributed by atoms with E-state index >= 15 is 0 Å². The molecular formula is C13H16N2. The molecule has 0 aliphatic rings. The van der Waals surface area contributed by atoms with Gasteiger partial charge in [0.25, 0.3) is 0 Å². The molecule has 0 saturated carbocycles. The fraction of sp³-hybridized carbons (Fsp3) is 0.308. The molecule has 1 heterocycles. The molecule has 0 spiro atoms. The van der Waals surface area contributed by atoms with Crippen molar-refractivity contribution in [3.63, 3.8) is 0 Å². The van der Waals surface area contributed by atoms with E-state index in [0.29, 0.717) is 5.92 Å². The van der Waals surface area contributed by atoms with Crippen molar-refractivity contribution >= 4 is 10.8 Å². The van der Waals surface area contributed by atoms with Gasteiger partial charge in [0.05, 0.1) is 0 Å². The van der Waals surface area contributed by atoms with Crippen molar-refractivity contribution in [1.29, 1.82) is 0 Å². The maximum Gasteiger partial charge on any atom is 0.0346 e. The van der Waals surface area contributed by atoms with Gasteiger partial charge in [-0.15, -0.1) is 0 Å². The van der Waals surface area contributed by atoms with Crippen molar-refractivity contribution in [2.24, 2.45) is 5.73 Å². The van der Waals surface area contributed by atoms with Gasteiger partial charge >= 0.3 is 0 Å². The summed E-state index contributed by atoms with van der Waals surface area (Å²) in [7, 11) is 0. The lowest BCUT2D eigenvalue weighted by atomic mass is 9.96. The van der Waals surface area contributed by atoms with Gasteiger partial charge in [0.2, 0.25) is 0 Å². The van der Waals surface area contributed by atoms with E-state index < -0.39 is 0 Å². The minimum atomic E-state index is 0.527. The Labute approximate surface area is 90.1 Å². The van der Waals surface area contributed by atoms with Crippen molar-refractivity contribution < 1.29 is 0 Å². The molecule has 0 aliphatic heterocycles. The first kappa shape index (κ1) is 10.1. The normalized spacial score (nSPS) is 12.9. The van der Waals surface area contributed by atoms with Gasteiger partial charge in [-0.05, 0) is 42.0 Å². The van der Waals surface area contributed by atoms with Crippen molar-refractivity contribution in [3.05, 3.63) is 42.2 Å². The molecule has 2 N–H and O–H groups in total. The van der Waals surface area contributed by atoms with E-state index in [1.54, 1.807) is 0 Å². The van der Waals surface area contributed by atoms with Crippen LogP contribution in [0.2, 0.25) is 0 Å². The van der Waals surface area contributed by atoms with Crippen molar-refractivity contribution in [3.8, 4) is 0 Å². The van der Waals surface area contributed by atoms with E-state index in [9.17, 15) is 0 Å². The Kier molecular flexibility index (Phi) is 2.97. The number of nitrogens with zero attached hydrogens (tertiary/aromatic N) is 1. The summed E-state index contributed by atoms with van der Waals surface area (Å²) in [6.45, 7) is 2.95. The summed E-state index contributed by atoms with van der Waals surface area (Å²) >= 11 is 0. The van der Waals surface area contributed by atoms with Crippen LogP contribution < -0.4 is 5.73 Å². The van der Waals surface area contributed by atoms with Gasteiger partial charge in [-0.25, -0.2) is 0 Å². The molecule has 1 aromatic heterocycles. The predicted octanol–water partition coefficient (Wildman–Crippen LogP) is 2.69. The molecule has 2 aromatic rings. The molecule has 2 nitrogen and oxygen atoms in total. The van der Waals surface area contributed by atoms with Crippen LogP contribution in [0.25, 0.3) is 10.8 Å². The molecule has 0 saturated heterocycles. The highest BCUT2D eigenvalue weighted by atomic mass is 14.6. The summed E-state index contributed by atoms with van der Waals surface area (Å²) in [5, 5.41) is 2.45. The van der Waals surface area contributed by atoms with Crippen LogP contribution >= 0.6 is 0 Å². The average Bonchev–Trinajstić information content (AvgIpc) is 2.29. The number of hydrogen-bond donors (Lipinski definition) is 1. The van der Waals surface area contributed by atoms with Crippen LogP contribution in [0.15, 0.2) is 36.7 Å². The Morgan fingerprint density at radius 3 is 2.93 bits per heavy atom. The van der Waals surface area contributed by atoms with E-state index in [1.807, 2.05) is 18.5 Å². The number of benzene rings is 1. The van der Waals surface area contributed by atoms with Crippen molar-refractivity contribution in [2.75, 3.05) is 6.54 Å².